The first-order valence-corrected chi connectivity index (χ1v) is 2.56. The molecule has 6 nitrogen and oxygen atoms in total. The van der Waals surface area contributed by atoms with E-state index in [2.05, 4.69) is 8.83 Å². The molecule has 0 fully saturated rings. The third kappa shape index (κ3) is 1.02. The van der Waals surface area contributed by atoms with E-state index in [1.807, 2.05) is 0 Å². The highest BCUT2D eigenvalue weighted by molar-refractivity contribution is 5.38. The Hall–Kier alpha value is -1.27. The summed E-state index contributed by atoms with van der Waals surface area (Å²) < 4.78 is 8.69. The molecule has 0 aromatic carbocycles. The monoisotopic (exact) mass is 145 g/mol. The highest BCUT2D eigenvalue weighted by Gasteiger charge is 2.12. The summed E-state index contributed by atoms with van der Waals surface area (Å²) in [6, 6.07) is 0. The second kappa shape index (κ2) is 2.16. The fourth-order valence-electron chi connectivity index (χ4n) is 0.552. The molecular formula is C4H7N3O3. The van der Waals surface area contributed by atoms with Crippen LogP contribution >= 0.6 is 0 Å². The zero-order chi connectivity index (χ0) is 7.72. The quantitative estimate of drug-likeness (QED) is 0.491. The highest BCUT2D eigenvalue weighted by Crippen LogP contribution is 2.08. The predicted molar refractivity (Wildman–Crippen MR) is 32.5 cm³/mol. The predicted octanol–water partition coefficient (Wildman–Crippen LogP) is -1.07. The van der Waals surface area contributed by atoms with Gasteiger partial charge in [-0.15, -0.1) is 0 Å². The van der Waals surface area contributed by atoms with Crippen LogP contribution in [-0.2, 0) is 0 Å². The molecule has 0 spiro atoms. The maximum atomic E-state index is 10.3. The van der Waals surface area contributed by atoms with Crippen LogP contribution in [0.4, 0.5) is 11.8 Å². The van der Waals surface area contributed by atoms with E-state index in [0.717, 1.165) is 0 Å². The minimum Gasteiger partial charge on any atom is -0.462 e. The smallest absolute Gasteiger partial charge is 0.462 e. The number of rotatable bonds is 1. The van der Waals surface area contributed by atoms with Crippen molar-refractivity contribution in [1.29, 1.82) is 0 Å². The Morgan fingerprint density at radius 1 is 1.60 bits per heavy atom. The fourth-order valence-corrected chi connectivity index (χ4v) is 0.552. The highest BCUT2D eigenvalue weighted by atomic mass is 16.6. The molecule has 0 radical (unpaired) electrons. The lowest BCUT2D eigenvalue weighted by Gasteiger charge is -2.07. The summed E-state index contributed by atoms with van der Waals surface area (Å²) in [4.78, 5) is 10.3. The summed E-state index contributed by atoms with van der Waals surface area (Å²) in [6.45, 7) is 0. The van der Waals surface area contributed by atoms with E-state index in [4.69, 9.17) is 11.6 Å². The van der Waals surface area contributed by atoms with Crippen LogP contribution in [0.2, 0.25) is 0 Å². The number of anilines is 1. The minimum atomic E-state index is -0.876. The van der Waals surface area contributed by atoms with Crippen molar-refractivity contribution in [2.75, 3.05) is 12.8 Å². The number of quaternary nitrogens is 1. The van der Waals surface area contributed by atoms with Crippen LogP contribution < -0.4 is 16.6 Å². The number of nitrogen functional groups attached to an aromatic ring is 1. The molecule has 0 amide bonds. The van der Waals surface area contributed by atoms with E-state index in [1.54, 1.807) is 0 Å². The van der Waals surface area contributed by atoms with Crippen LogP contribution in [0.15, 0.2) is 13.6 Å². The summed E-state index contributed by atoms with van der Waals surface area (Å²) in [6.07, 6.45) is 0. The van der Waals surface area contributed by atoms with Crippen LogP contribution in [0.1, 0.15) is 0 Å². The molecule has 1 unspecified atom stereocenters. The first-order chi connectivity index (χ1) is 4.61. The third-order valence-electron chi connectivity index (χ3n) is 0.943. The number of nitrogens with one attached hydrogen (secondary N) is 2. The Kier molecular flexibility index (Phi) is 1.48. The molecule has 1 aromatic rings. The van der Waals surface area contributed by atoms with E-state index in [0.29, 0.717) is 0 Å². The van der Waals surface area contributed by atoms with Crippen molar-refractivity contribution in [3.63, 3.8) is 0 Å². The van der Waals surface area contributed by atoms with Crippen molar-refractivity contribution >= 4 is 11.8 Å². The van der Waals surface area contributed by atoms with E-state index < -0.39 is 5.82 Å². The Labute approximate surface area is 56.0 Å². The van der Waals surface area contributed by atoms with Crippen molar-refractivity contribution in [2.45, 2.75) is 0 Å². The van der Waals surface area contributed by atoms with Crippen molar-refractivity contribution in [2.24, 2.45) is 0 Å². The normalized spacial score (nSPS) is 13.4. The van der Waals surface area contributed by atoms with Crippen LogP contribution in [0.5, 0.6) is 0 Å². The largest absolute Gasteiger partial charge is 0.525 e. The maximum Gasteiger partial charge on any atom is 0.525 e. The lowest BCUT2D eigenvalue weighted by molar-refractivity contribution is -0.761. The zero-order valence-corrected chi connectivity index (χ0v) is 5.30. The van der Waals surface area contributed by atoms with Gasteiger partial charge < -0.3 is 25.4 Å². The minimum absolute atomic E-state index is 0.00463. The molecule has 0 aliphatic rings. The van der Waals surface area contributed by atoms with Gasteiger partial charge in [-0.05, 0) is 0 Å². The van der Waals surface area contributed by atoms with Gasteiger partial charge in [0.2, 0.25) is 0 Å². The van der Waals surface area contributed by atoms with Crippen molar-refractivity contribution < 1.29 is 13.8 Å². The lowest BCUT2D eigenvalue weighted by Crippen LogP contribution is -2.96. The molecule has 1 aromatic heterocycles. The van der Waals surface area contributed by atoms with E-state index in [1.165, 1.54) is 7.05 Å². The first-order valence-electron chi connectivity index (χ1n) is 2.56. The van der Waals surface area contributed by atoms with Gasteiger partial charge in [-0.25, -0.2) is 4.79 Å². The number of nitrogens with two attached hydrogens (primary N) is 1. The van der Waals surface area contributed by atoms with Crippen molar-refractivity contribution in [1.82, 2.24) is 0 Å². The average molecular weight is 145 g/mol. The third-order valence-corrected chi connectivity index (χ3v) is 0.943. The van der Waals surface area contributed by atoms with Crippen molar-refractivity contribution in [3.8, 4) is 0 Å². The molecular weight excluding hydrogens is 138 g/mol. The Morgan fingerprint density at radius 3 is 2.40 bits per heavy atom. The summed E-state index contributed by atoms with van der Waals surface area (Å²) in [5, 5.41) is 0.0725. The number of hydrogen-bond acceptors (Lipinski definition) is 4. The molecule has 0 aliphatic heterocycles. The van der Waals surface area contributed by atoms with Gasteiger partial charge in [-0.3, -0.25) is 0 Å². The Balaban J connectivity index is 3.15. The van der Waals surface area contributed by atoms with Crippen molar-refractivity contribution in [3.05, 3.63) is 16.5 Å². The Morgan fingerprint density at radius 2 is 2.20 bits per heavy atom. The van der Waals surface area contributed by atoms with Gasteiger partial charge in [0.05, 0.1) is 7.05 Å². The molecule has 1 rings (SSSR count). The molecule has 0 aliphatic carbocycles. The van der Waals surface area contributed by atoms with Gasteiger partial charge in [-0.2, -0.15) is 0 Å². The summed E-state index contributed by atoms with van der Waals surface area (Å²) in [5.41, 5.74) is 5.14. The summed E-state index contributed by atoms with van der Waals surface area (Å²) in [5.74, 6) is 6.00. The topological polar surface area (TPSA) is 97.6 Å². The van der Waals surface area contributed by atoms with Gasteiger partial charge in [0, 0.05) is 0 Å². The van der Waals surface area contributed by atoms with E-state index >= 15 is 0 Å². The van der Waals surface area contributed by atoms with Gasteiger partial charge in [0.15, 0.2) is 0 Å². The first kappa shape index (κ1) is 6.84. The molecule has 1 heterocycles. The molecule has 10 heavy (non-hydrogen) atoms. The molecule has 56 valence electrons. The second-order valence-electron chi connectivity index (χ2n) is 1.77. The standard InChI is InChI=1S/C4H7N3O3/c1-7(6)3-2(5)9-4(8)10-3/h6-7H,5H2,1H3. The van der Waals surface area contributed by atoms with Crippen LogP contribution in [0.25, 0.3) is 5.84 Å². The SMILES string of the molecule is C[NH+]([NH-])c1oc(=O)oc1N. The summed E-state index contributed by atoms with van der Waals surface area (Å²) >= 11 is 0. The molecule has 6 heteroatoms. The molecule has 0 saturated heterocycles. The van der Waals surface area contributed by atoms with E-state index in [-0.39, 0.29) is 16.8 Å². The molecule has 1 atom stereocenters. The average Bonchev–Trinajstić information content (AvgIpc) is 2.10. The number of hydrogen-bond donors (Lipinski definition) is 2. The van der Waals surface area contributed by atoms with Gasteiger partial charge >= 0.3 is 11.7 Å². The summed E-state index contributed by atoms with van der Waals surface area (Å²) in [7, 11) is 1.45. The van der Waals surface area contributed by atoms with Gasteiger partial charge in [-0.1, -0.05) is 0 Å². The molecule has 0 saturated carbocycles. The van der Waals surface area contributed by atoms with Crippen LogP contribution in [0.3, 0.4) is 0 Å². The zero-order valence-electron chi connectivity index (χ0n) is 5.30. The lowest BCUT2D eigenvalue weighted by atomic mass is 10.7. The fraction of sp³-hybridized carbons (Fsp3) is 0.250. The van der Waals surface area contributed by atoms with Crippen LogP contribution in [0, 0.1) is 0 Å². The Bertz CT molecular complexity index is 274. The van der Waals surface area contributed by atoms with Gasteiger partial charge in [0.25, 0.3) is 5.88 Å². The maximum absolute atomic E-state index is 10.3. The molecule has 4 N–H and O–H groups in total. The second-order valence-corrected chi connectivity index (χ2v) is 1.77. The van der Waals surface area contributed by atoms with E-state index in [9.17, 15) is 4.79 Å². The van der Waals surface area contributed by atoms with Gasteiger partial charge in [0.1, 0.15) is 0 Å². The van der Waals surface area contributed by atoms with Crippen LogP contribution in [-0.4, -0.2) is 7.05 Å². The molecule has 0 bridgehead atoms.